The Morgan fingerprint density at radius 1 is 0.900 bits per heavy atom. The van der Waals surface area contributed by atoms with Gasteiger partial charge in [0, 0.05) is 80.8 Å². The van der Waals surface area contributed by atoms with Crippen LogP contribution < -0.4 is 0 Å². The van der Waals surface area contributed by atoms with Gasteiger partial charge in [0.25, 0.3) is 0 Å². The summed E-state index contributed by atoms with van der Waals surface area (Å²) in [7, 11) is 0. The molecule has 1 aliphatic carbocycles. The van der Waals surface area contributed by atoms with E-state index < -0.39 is 5.97 Å². The number of rotatable bonds is 4. The maximum absolute atomic E-state index is 11.9. The second-order valence-electron chi connectivity index (χ2n) is 12.0. The molecule has 0 radical (unpaired) electrons. The van der Waals surface area contributed by atoms with Gasteiger partial charge in [-0.3, -0.25) is 9.69 Å². The lowest BCUT2D eigenvalue weighted by Gasteiger charge is -2.34. The van der Waals surface area contributed by atoms with Crippen LogP contribution in [0.3, 0.4) is 0 Å². The van der Waals surface area contributed by atoms with E-state index in [1.165, 1.54) is 70.8 Å². The Labute approximate surface area is 235 Å². The lowest BCUT2D eigenvalue weighted by molar-refractivity contribution is -0.130. The molecule has 7 nitrogen and oxygen atoms in total. The lowest BCUT2D eigenvalue weighted by Crippen LogP contribution is -2.47. The summed E-state index contributed by atoms with van der Waals surface area (Å²) in [5.41, 5.74) is 8.09. The molecular formula is C33H38N4O3. The van der Waals surface area contributed by atoms with Gasteiger partial charge in [0.1, 0.15) is 0 Å². The summed E-state index contributed by atoms with van der Waals surface area (Å²) in [6.45, 7) is 7.75. The smallest absolute Gasteiger partial charge is 0.335 e. The molecule has 40 heavy (non-hydrogen) atoms. The van der Waals surface area contributed by atoms with Crippen LogP contribution in [-0.4, -0.2) is 62.1 Å². The van der Waals surface area contributed by atoms with Crippen molar-refractivity contribution in [1.82, 2.24) is 18.9 Å². The number of fused-ring (bicyclic) bond motifs is 4. The number of nitrogens with zero attached hydrogens (tertiary/aromatic N) is 4. The standard InChI is InChI=1S/C33H38N4O3/c1-22(38)35-17-15-34(16-18-35)20-25-21-36-13-6-14-37-29-19-24(33(39)40)11-12-27(29)30(23-7-3-2-4-8-23)32(37)28-10-5-9-26(25)31(28)36/h5,9-12,19,21,23H,2-4,6-8,13-18,20H2,1H3,(H,39,40). The van der Waals surface area contributed by atoms with Crippen molar-refractivity contribution in [2.75, 3.05) is 26.2 Å². The first kappa shape index (κ1) is 25.4. The molecule has 2 fully saturated rings. The molecule has 2 aliphatic heterocycles. The molecule has 1 N–H and O–H groups in total. The number of carbonyl (C=O) groups is 2. The van der Waals surface area contributed by atoms with Crippen LogP contribution in [0.15, 0.2) is 42.6 Å². The fourth-order valence-electron chi connectivity index (χ4n) is 7.63. The summed E-state index contributed by atoms with van der Waals surface area (Å²) in [6, 6.07) is 12.5. The van der Waals surface area contributed by atoms with Gasteiger partial charge in [-0.25, -0.2) is 4.79 Å². The number of carboxylic acids is 1. The number of aromatic carboxylic acids is 1. The molecule has 7 heteroatoms. The lowest BCUT2D eigenvalue weighted by atomic mass is 9.81. The number of amides is 1. The number of piperazine rings is 1. The van der Waals surface area contributed by atoms with E-state index in [0.717, 1.165) is 57.8 Å². The first-order valence-electron chi connectivity index (χ1n) is 15.0. The fourth-order valence-corrected chi connectivity index (χ4v) is 7.63. The number of hydrogen-bond donors (Lipinski definition) is 1. The third-order valence-corrected chi connectivity index (χ3v) is 9.59. The van der Waals surface area contributed by atoms with Crippen LogP contribution in [0.25, 0.3) is 33.1 Å². The molecule has 1 saturated heterocycles. The highest BCUT2D eigenvalue weighted by molar-refractivity contribution is 6.03. The summed E-state index contributed by atoms with van der Waals surface area (Å²) < 4.78 is 4.91. The number of carboxylic acid groups (broad SMARTS) is 1. The molecule has 208 valence electrons. The minimum atomic E-state index is -0.868. The van der Waals surface area contributed by atoms with E-state index >= 15 is 0 Å². The molecule has 0 spiro atoms. The molecule has 2 aromatic heterocycles. The molecule has 0 bridgehead atoms. The number of benzene rings is 2. The van der Waals surface area contributed by atoms with E-state index in [1.54, 1.807) is 13.0 Å². The number of hydrogen-bond acceptors (Lipinski definition) is 3. The maximum atomic E-state index is 11.9. The van der Waals surface area contributed by atoms with E-state index in [4.69, 9.17) is 0 Å². The van der Waals surface area contributed by atoms with Crippen molar-refractivity contribution in [3.8, 4) is 11.3 Å². The number of aromatic nitrogens is 2. The van der Waals surface area contributed by atoms with Crippen molar-refractivity contribution in [2.24, 2.45) is 0 Å². The Balaban J connectivity index is 1.38. The van der Waals surface area contributed by atoms with E-state index in [0.29, 0.717) is 11.5 Å². The van der Waals surface area contributed by atoms with E-state index in [9.17, 15) is 14.7 Å². The average molecular weight is 539 g/mol. The van der Waals surface area contributed by atoms with Crippen LogP contribution in [0.5, 0.6) is 0 Å². The van der Waals surface area contributed by atoms with Crippen molar-refractivity contribution in [3.63, 3.8) is 0 Å². The highest BCUT2D eigenvalue weighted by Gasteiger charge is 2.30. The zero-order chi connectivity index (χ0) is 27.4. The Morgan fingerprint density at radius 3 is 2.45 bits per heavy atom. The van der Waals surface area contributed by atoms with E-state index in [2.05, 4.69) is 44.5 Å². The monoisotopic (exact) mass is 538 g/mol. The Kier molecular flexibility index (Phi) is 6.42. The van der Waals surface area contributed by atoms with Gasteiger partial charge in [0.15, 0.2) is 0 Å². The topological polar surface area (TPSA) is 70.7 Å². The first-order chi connectivity index (χ1) is 19.5. The van der Waals surface area contributed by atoms with Gasteiger partial charge in [0.05, 0.1) is 16.8 Å². The Bertz CT molecular complexity index is 1620. The van der Waals surface area contributed by atoms with Gasteiger partial charge >= 0.3 is 5.97 Å². The SMILES string of the molecule is CC(=O)N1CCN(Cc2cn3c4c(cccc24)-c2c(C4CCCCC4)c4ccc(C(=O)O)cc4n2CCC3)CC1. The zero-order valence-corrected chi connectivity index (χ0v) is 23.4. The summed E-state index contributed by atoms with van der Waals surface area (Å²) in [5.74, 6) is -0.204. The molecule has 1 saturated carbocycles. The highest BCUT2D eigenvalue weighted by Crippen LogP contribution is 2.47. The van der Waals surface area contributed by atoms with Gasteiger partial charge in [-0.15, -0.1) is 0 Å². The summed E-state index contributed by atoms with van der Waals surface area (Å²) in [6.07, 6.45) is 9.57. The van der Waals surface area contributed by atoms with Gasteiger partial charge < -0.3 is 19.1 Å². The molecule has 3 aliphatic rings. The predicted molar refractivity (Wildman–Crippen MR) is 158 cm³/mol. The van der Waals surface area contributed by atoms with Crippen LogP contribution >= 0.6 is 0 Å². The van der Waals surface area contributed by atoms with Crippen molar-refractivity contribution in [2.45, 2.75) is 71.0 Å². The second-order valence-corrected chi connectivity index (χ2v) is 12.0. The second kappa shape index (κ2) is 10.1. The first-order valence-corrected chi connectivity index (χ1v) is 15.0. The summed E-state index contributed by atoms with van der Waals surface area (Å²) in [5, 5.41) is 12.3. The molecule has 2 aromatic carbocycles. The van der Waals surface area contributed by atoms with Crippen LogP contribution in [0.1, 0.15) is 72.9 Å². The van der Waals surface area contributed by atoms with Crippen LogP contribution in [0.2, 0.25) is 0 Å². The van der Waals surface area contributed by atoms with Crippen molar-refractivity contribution < 1.29 is 14.7 Å². The number of para-hydroxylation sites is 1. The molecule has 0 unspecified atom stereocenters. The van der Waals surface area contributed by atoms with Gasteiger partial charge in [-0.05, 0) is 48.4 Å². The zero-order valence-electron chi connectivity index (χ0n) is 23.4. The van der Waals surface area contributed by atoms with Crippen molar-refractivity contribution in [3.05, 3.63) is 59.3 Å². The van der Waals surface area contributed by atoms with Crippen molar-refractivity contribution in [1.29, 1.82) is 0 Å². The fraction of sp³-hybridized carbons (Fsp3) is 0.455. The molecule has 4 aromatic rings. The molecule has 4 heterocycles. The molecule has 7 rings (SSSR count). The predicted octanol–water partition coefficient (Wildman–Crippen LogP) is 6.08. The Morgan fingerprint density at radius 2 is 1.70 bits per heavy atom. The quantitative estimate of drug-likeness (QED) is 0.342. The highest BCUT2D eigenvalue weighted by atomic mass is 16.4. The van der Waals surface area contributed by atoms with Gasteiger partial charge in [0.2, 0.25) is 5.91 Å². The van der Waals surface area contributed by atoms with Crippen molar-refractivity contribution >= 4 is 33.7 Å². The summed E-state index contributed by atoms with van der Waals surface area (Å²) in [4.78, 5) is 28.2. The maximum Gasteiger partial charge on any atom is 0.335 e. The molecular weight excluding hydrogens is 500 g/mol. The number of aryl methyl sites for hydroxylation is 2. The van der Waals surface area contributed by atoms with Crippen LogP contribution in [0, 0.1) is 0 Å². The minimum Gasteiger partial charge on any atom is -0.478 e. The number of carbonyl (C=O) groups excluding carboxylic acids is 1. The van der Waals surface area contributed by atoms with E-state index in [-0.39, 0.29) is 5.91 Å². The van der Waals surface area contributed by atoms with Crippen LogP contribution in [-0.2, 0) is 24.4 Å². The third kappa shape index (κ3) is 4.22. The third-order valence-electron chi connectivity index (χ3n) is 9.59. The molecule has 1 amide bonds. The minimum absolute atomic E-state index is 0.166. The largest absolute Gasteiger partial charge is 0.478 e. The van der Waals surface area contributed by atoms with Gasteiger partial charge in [-0.1, -0.05) is 43.5 Å². The van der Waals surface area contributed by atoms with E-state index in [1.807, 2.05) is 11.0 Å². The molecule has 0 atom stereocenters. The summed E-state index contributed by atoms with van der Waals surface area (Å²) >= 11 is 0. The van der Waals surface area contributed by atoms with Crippen LogP contribution in [0.4, 0.5) is 0 Å². The van der Waals surface area contributed by atoms with Gasteiger partial charge in [-0.2, -0.15) is 0 Å². The average Bonchev–Trinajstić information content (AvgIpc) is 3.47. The normalized spacial score (nSPS) is 18.6. The Hall–Kier alpha value is -3.58.